The summed E-state index contributed by atoms with van der Waals surface area (Å²) in [6.45, 7) is 9.28. The smallest absolute Gasteiger partial charge is 0.329 e. The van der Waals surface area contributed by atoms with E-state index in [1.54, 1.807) is 11.8 Å². The highest BCUT2D eigenvalue weighted by Crippen LogP contribution is 2.30. The van der Waals surface area contributed by atoms with E-state index in [0.29, 0.717) is 13.0 Å². The third kappa shape index (κ3) is 3.88. The van der Waals surface area contributed by atoms with Crippen LogP contribution in [-0.4, -0.2) is 35.5 Å². The molecule has 1 aliphatic carbocycles. The van der Waals surface area contributed by atoms with Gasteiger partial charge in [0.05, 0.1) is 6.61 Å². The maximum atomic E-state index is 11.9. The van der Waals surface area contributed by atoms with Crippen LogP contribution in [0.5, 0.6) is 0 Å². The Hall–Kier alpha value is -1.32. The zero-order chi connectivity index (χ0) is 13.0. The van der Waals surface area contributed by atoms with Crippen molar-refractivity contribution in [3.05, 3.63) is 12.2 Å². The first-order chi connectivity index (χ1) is 7.97. The van der Waals surface area contributed by atoms with Gasteiger partial charge in [-0.15, -0.1) is 6.58 Å². The minimum atomic E-state index is -0.502. The molecule has 1 rings (SSSR count). The van der Waals surface area contributed by atoms with Crippen molar-refractivity contribution in [2.75, 3.05) is 6.61 Å². The number of rotatable bonds is 6. The maximum Gasteiger partial charge on any atom is 0.329 e. The Labute approximate surface area is 103 Å². The Balaban J connectivity index is 2.81. The Morgan fingerprint density at radius 1 is 1.41 bits per heavy atom. The van der Waals surface area contributed by atoms with Crippen LogP contribution < -0.4 is 0 Å². The molecule has 1 unspecified atom stereocenters. The van der Waals surface area contributed by atoms with Crippen LogP contribution in [0.1, 0.15) is 40.0 Å². The fourth-order valence-corrected chi connectivity index (χ4v) is 1.95. The second-order valence-electron chi connectivity index (χ2n) is 4.59. The molecule has 96 valence electrons. The summed E-state index contributed by atoms with van der Waals surface area (Å²) in [5.41, 5.74) is 0.884. The van der Waals surface area contributed by atoms with Gasteiger partial charge in [-0.25, -0.2) is 4.79 Å². The third-order valence-corrected chi connectivity index (χ3v) is 2.74. The van der Waals surface area contributed by atoms with Crippen molar-refractivity contribution in [3.63, 3.8) is 0 Å². The van der Waals surface area contributed by atoms with Gasteiger partial charge in [0.25, 0.3) is 0 Å². The lowest BCUT2D eigenvalue weighted by Gasteiger charge is -2.29. The molecule has 0 N–H and O–H groups in total. The standard InChI is InChI=1S/C13H21NO3/c1-5-17-13(16)12(8-9(2)3)14(10(4)15)11-6-7-11/h11-12H,2,5-8H2,1,3-4H3. The molecular weight excluding hydrogens is 218 g/mol. The molecule has 1 saturated carbocycles. The van der Waals surface area contributed by atoms with E-state index < -0.39 is 6.04 Å². The molecule has 0 radical (unpaired) electrons. The van der Waals surface area contributed by atoms with Crippen LogP contribution in [0, 0.1) is 0 Å². The van der Waals surface area contributed by atoms with Crippen molar-refractivity contribution in [1.29, 1.82) is 0 Å². The summed E-state index contributed by atoms with van der Waals surface area (Å²) in [6.07, 6.45) is 2.44. The van der Waals surface area contributed by atoms with Gasteiger partial charge < -0.3 is 9.64 Å². The molecule has 0 saturated heterocycles. The molecule has 4 heteroatoms. The van der Waals surface area contributed by atoms with Gasteiger partial charge in [-0.3, -0.25) is 4.79 Å². The highest BCUT2D eigenvalue weighted by atomic mass is 16.5. The molecule has 4 nitrogen and oxygen atoms in total. The number of carbonyl (C=O) groups excluding carboxylic acids is 2. The summed E-state index contributed by atoms with van der Waals surface area (Å²) in [5.74, 6) is -0.385. The summed E-state index contributed by atoms with van der Waals surface area (Å²) in [5, 5.41) is 0. The highest BCUT2D eigenvalue weighted by Gasteiger charge is 2.39. The Bertz CT molecular complexity index is 321. The molecule has 0 heterocycles. The summed E-state index contributed by atoms with van der Waals surface area (Å²) < 4.78 is 5.04. The normalized spacial score (nSPS) is 16.2. The Morgan fingerprint density at radius 2 is 2.00 bits per heavy atom. The average molecular weight is 239 g/mol. The summed E-state index contributed by atoms with van der Waals surface area (Å²) >= 11 is 0. The van der Waals surface area contributed by atoms with Crippen LogP contribution in [0.15, 0.2) is 12.2 Å². The van der Waals surface area contributed by atoms with Crippen LogP contribution in [0.4, 0.5) is 0 Å². The predicted octanol–water partition coefficient (Wildman–Crippen LogP) is 1.90. The van der Waals surface area contributed by atoms with Gasteiger partial charge in [-0.05, 0) is 33.1 Å². The molecule has 0 bridgehead atoms. The van der Waals surface area contributed by atoms with E-state index in [4.69, 9.17) is 4.74 Å². The molecule has 17 heavy (non-hydrogen) atoms. The van der Waals surface area contributed by atoms with E-state index in [-0.39, 0.29) is 17.9 Å². The van der Waals surface area contributed by atoms with E-state index in [0.717, 1.165) is 18.4 Å². The monoisotopic (exact) mass is 239 g/mol. The topological polar surface area (TPSA) is 46.6 Å². The van der Waals surface area contributed by atoms with Crippen LogP contribution >= 0.6 is 0 Å². The van der Waals surface area contributed by atoms with Crippen molar-refractivity contribution in [2.24, 2.45) is 0 Å². The summed E-state index contributed by atoms with van der Waals surface area (Å²) in [6, 6.07) is -0.293. The molecular formula is C13H21NO3. The molecule has 0 aromatic carbocycles. The van der Waals surface area contributed by atoms with Crippen molar-refractivity contribution >= 4 is 11.9 Å². The number of amides is 1. The minimum absolute atomic E-state index is 0.0631. The number of esters is 1. The Kier molecular flexibility index (Phi) is 4.73. The maximum absolute atomic E-state index is 11.9. The molecule has 1 amide bonds. The first kappa shape index (κ1) is 13.7. The van der Waals surface area contributed by atoms with Crippen molar-refractivity contribution in [2.45, 2.75) is 52.1 Å². The second kappa shape index (κ2) is 5.84. The number of hydrogen-bond donors (Lipinski definition) is 0. The van der Waals surface area contributed by atoms with E-state index >= 15 is 0 Å². The van der Waals surface area contributed by atoms with Crippen LogP contribution in [0.3, 0.4) is 0 Å². The number of ether oxygens (including phenoxy) is 1. The van der Waals surface area contributed by atoms with Gasteiger partial charge >= 0.3 is 5.97 Å². The first-order valence-electron chi connectivity index (χ1n) is 6.07. The number of hydrogen-bond acceptors (Lipinski definition) is 3. The quantitative estimate of drug-likeness (QED) is 0.525. The van der Waals surface area contributed by atoms with Gasteiger partial charge in [0, 0.05) is 13.0 Å². The van der Waals surface area contributed by atoms with Crippen LogP contribution in [0.2, 0.25) is 0 Å². The van der Waals surface area contributed by atoms with Crippen molar-refractivity contribution in [3.8, 4) is 0 Å². The van der Waals surface area contributed by atoms with Gasteiger partial charge in [0.15, 0.2) is 0 Å². The molecule has 0 aliphatic heterocycles. The van der Waals surface area contributed by atoms with Crippen LogP contribution in [-0.2, 0) is 14.3 Å². The predicted molar refractivity (Wildman–Crippen MR) is 65.4 cm³/mol. The number of carbonyl (C=O) groups is 2. The van der Waals surface area contributed by atoms with Crippen molar-refractivity contribution in [1.82, 2.24) is 4.90 Å². The van der Waals surface area contributed by atoms with E-state index in [1.807, 2.05) is 6.92 Å². The zero-order valence-corrected chi connectivity index (χ0v) is 10.9. The van der Waals surface area contributed by atoms with Gasteiger partial charge in [0.2, 0.25) is 5.91 Å². The largest absolute Gasteiger partial charge is 0.464 e. The van der Waals surface area contributed by atoms with Crippen molar-refractivity contribution < 1.29 is 14.3 Å². The number of nitrogens with zero attached hydrogens (tertiary/aromatic N) is 1. The third-order valence-electron chi connectivity index (χ3n) is 2.74. The second-order valence-corrected chi connectivity index (χ2v) is 4.59. The fraction of sp³-hybridized carbons (Fsp3) is 0.692. The van der Waals surface area contributed by atoms with Gasteiger partial charge in [-0.2, -0.15) is 0 Å². The molecule has 1 fully saturated rings. The molecule has 0 aromatic heterocycles. The molecule has 0 spiro atoms. The summed E-state index contributed by atoms with van der Waals surface area (Å²) in [4.78, 5) is 25.2. The van der Waals surface area contributed by atoms with E-state index in [1.165, 1.54) is 6.92 Å². The average Bonchev–Trinajstić information content (AvgIpc) is 3.00. The zero-order valence-electron chi connectivity index (χ0n) is 10.9. The lowest BCUT2D eigenvalue weighted by molar-refractivity contribution is -0.154. The lowest BCUT2D eigenvalue weighted by atomic mass is 10.1. The summed E-state index contributed by atoms with van der Waals surface area (Å²) in [7, 11) is 0. The van der Waals surface area contributed by atoms with E-state index in [2.05, 4.69) is 6.58 Å². The molecule has 1 aliphatic rings. The molecule has 0 aromatic rings. The van der Waals surface area contributed by atoms with Crippen LogP contribution in [0.25, 0.3) is 0 Å². The van der Waals surface area contributed by atoms with Gasteiger partial charge in [-0.1, -0.05) is 5.57 Å². The Morgan fingerprint density at radius 3 is 2.35 bits per heavy atom. The fourth-order valence-electron chi connectivity index (χ4n) is 1.95. The van der Waals surface area contributed by atoms with E-state index in [9.17, 15) is 9.59 Å². The SMILES string of the molecule is C=C(C)CC(C(=O)OCC)N(C(C)=O)C1CC1. The minimum Gasteiger partial charge on any atom is -0.464 e. The van der Waals surface area contributed by atoms with Gasteiger partial charge in [0.1, 0.15) is 6.04 Å². The lowest BCUT2D eigenvalue weighted by Crippen LogP contribution is -2.46. The highest BCUT2D eigenvalue weighted by molar-refractivity contribution is 5.84. The first-order valence-corrected chi connectivity index (χ1v) is 6.07. The molecule has 1 atom stereocenters.